The molecule has 2 rings (SSSR count). The number of carbonyl (C=O) groups excluding carboxylic acids is 1. The van der Waals surface area contributed by atoms with Gasteiger partial charge in [0.15, 0.2) is 0 Å². The zero-order chi connectivity index (χ0) is 12.8. The van der Waals surface area contributed by atoms with E-state index in [0.29, 0.717) is 0 Å². The van der Waals surface area contributed by atoms with Gasteiger partial charge in [-0.3, -0.25) is 9.78 Å². The average molecular weight is 248 g/mol. The Bertz CT molecular complexity index is 381. The third kappa shape index (κ3) is 3.53. The highest BCUT2D eigenvalue weighted by molar-refractivity contribution is 5.72. The van der Waals surface area contributed by atoms with E-state index >= 15 is 0 Å². The molecule has 1 aromatic rings. The molecular weight excluding hydrogens is 228 g/mol. The van der Waals surface area contributed by atoms with Gasteiger partial charge in [0.1, 0.15) is 0 Å². The number of carbonyl (C=O) groups is 1. The number of pyridine rings is 1. The van der Waals surface area contributed by atoms with E-state index in [1.54, 1.807) is 6.20 Å². The van der Waals surface area contributed by atoms with E-state index in [1.165, 1.54) is 12.7 Å². The first-order valence-electron chi connectivity index (χ1n) is 6.48. The highest BCUT2D eigenvalue weighted by Gasteiger charge is 2.25. The van der Waals surface area contributed by atoms with E-state index in [9.17, 15) is 4.79 Å². The third-order valence-electron chi connectivity index (χ3n) is 3.48. The molecule has 0 aromatic carbocycles. The second-order valence-electron chi connectivity index (χ2n) is 4.77. The minimum atomic E-state index is -0.0684. The molecule has 1 aliphatic heterocycles. The Morgan fingerprint density at radius 2 is 2.50 bits per heavy atom. The van der Waals surface area contributed by atoms with E-state index < -0.39 is 0 Å². The second-order valence-corrected chi connectivity index (χ2v) is 4.77. The fourth-order valence-electron chi connectivity index (χ4n) is 2.45. The fourth-order valence-corrected chi connectivity index (χ4v) is 2.45. The quantitative estimate of drug-likeness (QED) is 0.757. The van der Waals surface area contributed by atoms with Crippen molar-refractivity contribution >= 4 is 5.97 Å². The molecule has 0 amide bonds. The number of esters is 1. The van der Waals surface area contributed by atoms with Crippen molar-refractivity contribution in [2.45, 2.75) is 19.3 Å². The number of methoxy groups -OCH3 is 1. The maximum Gasteiger partial charge on any atom is 0.309 e. The molecular formula is C14H20N2O2. The van der Waals surface area contributed by atoms with Crippen molar-refractivity contribution in [1.29, 1.82) is 0 Å². The number of rotatable bonds is 4. The summed E-state index contributed by atoms with van der Waals surface area (Å²) in [6.45, 7) is 2.89. The molecule has 0 radical (unpaired) electrons. The minimum absolute atomic E-state index is 0.0534. The largest absolute Gasteiger partial charge is 0.469 e. The van der Waals surface area contributed by atoms with Gasteiger partial charge >= 0.3 is 5.97 Å². The minimum Gasteiger partial charge on any atom is -0.469 e. The maximum atomic E-state index is 11.5. The molecule has 0 bridgehead atoms. The average Bonchev–Trinajstić information content (AvgIpc) is 2.45. The Balaban J connectivity index is 1.81. The number of ether oxygens (including phenoxy) is 1. The lowest BCUT2D eigenvalue weighted by molar-refractivity contribution is -0.147. The fraction of sp³-hybridized carbons (Fsp3) is 0.571. The van der Waals surface area contributed by atoms with E-state index in [0.717, 1.165) is 38.9 Å². The predicted molar refractivity (Wildman–Crippen MR) is 69.1 cm³/mol. The molecule has 0 spiro atoms. The number of aromatic nitrogens is 1. The molecule has 1 aromatic heterocycles. The molecule has 2 heterocycles. The lowest BCUT2D eigenvalue weighted by Gasteiger charge is -2.31. The van der Waals surface area contributed by atoms with Gasteiger partial charge in [-0.25, -0.2) is 0 Å². The Hall–Kier alpha value is -1.42. The van der Waals surface area contributed by atoms with Gasteiger partial charge < -0.3 is 9.64 Å². The van der Waals surface area contributed by atoms with Crippen LogP contribution < -0.4 is 0 Å². The normalized spacial score (nSPS) is 20.6. The van der Waals surface area contributed by atoms with Crippen LogP contribution in [0.15, 0.2) is 24.5 Å². The highest BCUT2D eigenvalue weighted by Crippen LogP contribution is 2.17. The molecule has 0 N–H and O–H groups in total. The van der Waals surface area contributed by atoms with Gasteiger partial charge in [-0.15, -0.1) is 0 Å². The van der Waals surface area contributed by atoms with Crippen LogP contribution in [0.3, 0.4) is 0 Å². The van der Waals surface area contributed by atoms with Crippen LogP contribution in [0.4, 0.5) is 0 Å². The molecule has 4 heteroatoms. The van der Waals surface area contributed by atoms with Crippen LogP contribution in [0, 0.1) is 5.92 Å². The summed E-state index contributed by atoms with van der Waals surface area (Å²) in [6, 6.07) is 4.05. The third-order valence-corrected chi connectivity index (χ3v) is 3.48. The van der Waals surface area contributed by atoms with Crippen LogP contribution in [-0.2, 0) is 16.0 Å². The molecule has 1 saturated heterocycles. The smallest absolute Gasteiger partial charge is 0.309 e. The summed E-state index contributed by atoms with van der Waals surface area (Å²) in [6.07, 6.45) is 6.71. The first-order valence-corrected chi connectivity index (χ1v) is 6.48. The Kier molecular flexibility index (Phi) is 4.70. The monoisotopic (exact) mass is 248 g/mol. The summed E-state index contributed by atoms with van der Waals surface area (Å²) in [5, 5.41) is 0. The van der Waals surface area contributed by atoms with Crippen molar-refractivity contribution in [3.63, 3.8) is 0 Å². The van der Waals surface area contributed by atoms with Crippen LogP contribution in [0.2, 0.25) is 0 Å². The van der Waals surface area contributed by atoms with Gasteiger partial charge in [-0.05, 0) is 37.4 Å². The van der Waals surface area contributed by atoms with Crippen LogP contribution in [0.25, 0.3) is 0 Å². The molecule has 0 aliphatic carbocycles. The molecule has 18 heavy (non-hydrogen) atoms. The van der Waals surface area contributed by atoms with E-state index in [4.69, 9.17) is 4.74 Å². The van der Waals surface area contributed by atoms with Gasteiger partial charge in [-0.2, -0.15) is 0 Å². The molecule has 1 aliphatic rings. The van der Waals surface area contributed by atoms with E-state index in [-0.39, 0.29) is 11.9 Å². The van der Waals surface area contributed by atoms with Crippen molar-refractivity contribution in [1.82, 2.24) is 9.88 Å². The maximum absolute atomic E-state index is 11.5. The lowest BCUT2D eigenvalue weighted by atomic mass is 9.98. The summed E-state index contributed by atoms with van der Waals surface area (Å²) < 4.78 is 4.83. The number of likely N-dealkylation sites (tertiary alicyclic amines) is 1. The highest BCUT2D eigenvalue weighted by atomic mass is 16.5. The molecule has 1 atom stereocenters. The van der Waals surface area contributed by atoms with Crippen molar-refractivity contribution in [2.24, 2.45) is 5.92 Å². The van der Waals surface area contributed by atoms with Gasteiger partial charge in [-0.1, -0.05) is 6.07 Å². The summed E-state index contributed by atoms with van der Waals surface area (Å²) in [7, 11) is 1.47. The first-order chi connectivity index (χ1) is 8.79. The molecule has 98 valence electrons. The number of hydrogen-bond donors (Lipinski definition) is 0. The summed E-state index contributed by atoms with van der Waals surface area (Å²) in [5.41, 5.74) is 1.25. The van der Waals surface area contributed by atoms with Gasteiger partial charge in [0.05, 0.1) is 13.0 Å². The Labute approximate surface area is 108 Å². The van der Waals surface area contributed by atoms with Crippen molar-refractivity contribution in [2.75, 3.05) is 26.7 Å². The predicted octanol–water partition coefficient (Wildman–Crippen LogP) is 1.51. The van der Waals surface area contributed by atoms with Crippen molar-refractivity contribution < 1.29 is 9.53 Å². The zero-order valence-corrected chi connectivity index (χ0v) is 10.8. The van der Waals surface area contributed by atoms with Crippen LogP contribution in [-0.4, -0.2) is 42.6 Å². The van der Waals surface area contributed by atoms with Gasteiger partial charge in [0, 0.05) is 25.5 Å². The van der Waals surface area contributed by atoms with Crippen molar-refractivity contribution in [3.8, 4) is 0 Å². The molecule has 0 saturated carbocycles. The van der Waals surface area contributed by atoms with Gasteiger partial charge in [0.25, 0.3) is 0 Å². The number of hydrogen-bond acceptors (Lipinski definition) is 4. The summed E-state index contributed by atoms with van der Waals surface area (Å²) in [5.74, 6) is -0.0151. The molecule has 4 nitrogen and oxygen atoms in total. The second kappa shape index (κ2) is 6.50. The standard InChI is InChI=1S/C14H20N2O2/c1-18-14(17)13-5-3-8-16(11-13)9-6-12-4-2-7-15-10-12/h2,4,7,10,13H,3,5-6,8-9,11H2,1H3/t13-/m0/s1. The summed E-state index contributed by atoms with van der Waals surface area (Å²) >= 11 is 0. The molecule has 1 fully saturated rings. The van der Waals surface area contributed by atoms with Crippen LogP contribution >= 0.6 is 0 Å². The number of piperidine rings is 1. The van der Waals surface area contributed by atoms with Crippen LogP contribution in [0.1, 0.15) is 18.4 Å². The summed E-state index contributed by atoms with van der Waals surface area (Å²) in [4.78, 5) is 18.0. The Morgan fingerprint density at radius 3 is 3.22 bits per heavy atom. The van der Waals surface area contributed by atoms with E-state index in [1.807, 2.05) is 12.3 Å². The molecule has 0 unspecified atom stereocenters. The van der Waals surface area contributed by atoms with Crippen LogP contribution in [0.5, 0.6) is 0 Å². The zero-order valence-electron chi connectivity index (χ0n) is 10.8. The SMILES string of the molecule is COC(=O)[C@H]1CCCN(CCc2cccnc2)C1. The van der Waals surface area contributed by atoms with Gasteiger partial charge in [0.2, 0.25) is 0 Å². The Morgan fingerprint density at radius 1 is 1.61 bits per heavy atom. The lowest BCUT2D eigenvalue weighted by Crippen LogP contribution is -2.40. The van der Waals surface area contributed by atoms with E-state index in [2.05, 4.69) is 16.0 Å². The first kappa shape index (κ1) is 13.0. The van der Waals surface area contributed by atoms with Crippen molar-refractivity contribution in [3.05, 3.63) is 30.1 Å². The topological polar surface area (TPSA) is 42.4 Å². The number of nitrogens with zero attached hydrogens (tertiary/aromatic N) is 2.